The van der Waals surface area contributed by atoms with Gasteiger partial charge in [0, 0.05) is 17.1 Å². The van der Waals surface area contributed by atoms with Crippen LogP contribution in [-0.4, -0.2) is 63.8 Å². The van der Waals surface area contributed by atoms with Crippen molar-refractivity contribution in [3.05, 3.63) is 125 Å². The molecule has 0 aliphatic carbocycles. The molecular weight excluding hydrogens is 688 g/mol. The summed E-state index contributed by atoms with van der Waals surface area (Å²) in [6.07, 6.45) is 0.229. The molecule has 1 fully saturated rings. The standard InChI is InChI=1S/C39H39N2O6PS2/c1-39(2,3)47-38(45)34-26(25-50-36-33(35(43)41(34)36)40-32(42)24-30-21-14-22-49-30)23-31(37(44)46-4)48(27-15-8-5-9-16-27,28-17-10-6-11-18-28)29-19-12-7-13-20-29/h5-22,33,36H,23-25H2,1-4H3,(H,40,42)/t33-,36-/m1/s1. The van der Waals surface area contributed by atoms with Crippen molar-refractivity contribution < 1.29 is 28.7 Å². The average molecular weight is 727 g/mol. The summed E-state index contributed by atoms with van der Waals surface area (Å²) in [6, 6.07) is 32.8. The molecule has 0 saturated carbocycles. The lowest BCUT2D eigenvalue weighted by Gasteiger charge is -2.50. The molecule has 2 aliphatic heterocycles. The molecule has 0 radical (unpaired) electrons. The zero-order chi connectivity index (χ0) is 35.5. The van der Waals surface area contributed by atoms with Gasteiger partial charge in [-0.25, -0.2) is 9.59 Å². The number of nitrogens with zero attached hydrogens (tertiary/aromatic N) is 1. The number of carbonyl (C=O) groups excluding carboxylic acids is 4. The second-order valence-corrected chi connectivity index (χ2v) is 18.5. The summed E-state index contributed by atoms with van der Waals surface area (Å²) in [5.41, 5.74) is -0.141. The summed E-state index contributed by atoms with van der Waals surface area (Å²) in [5, 5.41) is 7.64. The number of thiophene rings is 1. The molecule has 3 heterocycles. The smallest absolute Gasteiger partial charge is 0.355 e. The maximum atomic E-state index is 14.3. The summed E-state index contributed by atoms with van der Waals surface area (Å²) >= 11 is 2.93. The van der Waals surface area contributed by atoms with Crippen LogP contribution in [0, 0.1) is 0 Å². The zero-order valence-electron chi connectivity index (χ0n) is 28.3. The van der Waals surface area contributed by atoms with Crippen molar-refractivity contribution in [3.63, 3.8) is 0 Å². The van der Waals surface area contributed by atoms with Crippen LogP contribution in [0.25, 0.3) is 0 Å². The third-order valence-electron chi connectivity index (χ3n) is 8.51. The Bertz CT molecular complexity index is 1870. The van der Waals surface area contributed by atoms with E-state index in [0.29, 0.717) is 16.6 Å². The van der Waals surface area contributed by atoms with E-state index in [1.807, 2.05) is 109 Å². The lowest BCUT2D eigenvalue weighted by molar-refractivity contribution is -0.159. The summed E-state index contributed by atoms with van der Waals surface area (Å²) < 4.78 is 11.5. The summed E-state index contributed by atoms with van der Waals surface area (Å²) in [7, 11) is 1.37. The Morgan fingerprint density at radius 2 is 1.40 bits per heavy atom. The van der Waals surface area contributed by atoms with E-state index in [2.05, 4.69) is 5.32 Å². The van der Waals surface area contributed by atoms with E-state index in [9.17, 15) is 19.2 Å². The van der Waals surface area contributed by atoms with E-state index < -0.39 is 41.7 Å². The SMILES string of the molecule is COC(=O)C(CC1=C(C(=O)OC(C)(C)C)N2C(=O)[C@@H](NC(=O)Cc3cccs3)[C@H]2SC1)=P(c1ccccc1)(c1ccccc1)c1ccccc1. The van der Waals surface area contributed by atoms with Crippen molar-refractivity contribution in [1.29, 1.82) is 0 Å². The number of carbonyl (C=O) groups is 4. The Labute approximate surface area is 300 Å². The van der Waals surface area contributed by atoms with Crippen LogP contribution in [0.15, 0.2) is 120 Å². The predicted molar refractivity (Wildman–Crippen MR) is 203 cm³/mol. The van der Waals surface area contributed by atoms with Gasteiger partial charge in [0.25, 0.3) is 5.91 Å². The zero-order valence-corrected chi connectivity index (χ0v) is 30.9. The van der Waals surface area contributed by atoms with E-state index in [4.69, 9.17) is 9.47 Å². The second-order valence-electron chi connectivity index (χ2n) is 13.0. The van der Waals surface area contributed by atoms with Crippen LogP contribution in [0.3, 0.4) is 0 Å². The molecule has 2 atom stereocenters. The molecule has 0 bridgehead atoms. The van der Waals surface area contributed by atoms with Crippen LogP contribution < -0.4 is 21.2 Å². The highest BCUT2D eigenvalue weighted by atomic mass is 32.2. The topological polar surface area (TPSA) is 102 Å². The fraction of sp³-hybridized carbons (Fsp3) is 0.256. The number of esters is 2. The number of amides is 2. The van der Waals surface area contributed by atoms with Crippen molar-refractivity contribution in [1.82, 2.24) is 10.2 Å². The van der Waals surface area contributed by atoms with Crippen molar-refractivity contribution in [2.45, 2.75) is 50.6 Å². The van der Waals surface area contributed by atoms with Crippen LogP contribution >= 0.6 is 30.0 Å². The molecule has 1 N–H and O–H groups in total. The third kappa shape index (κ3) is 6.97. The van der Waals surface area contributed by atoms with Gasteiger partial charge in [0.1, 0.15) is 22.7 Å². The molecule has 1 aromatic heterocycles. The Morgan fingerprint density at radius 1 is 0.840 bits per heavy atom. The van der Waals surface area contributed by atoms with Gasteiger partial charge in [-0.05, 0) is 60.6 Å². The summed E-state index contributed by atoms with van der Waals surface area (Å²) in [5.74, 6) is -1.47. The van der Waals surface area contributed by atoms with Crippen LogP contribution in [0.5, 0.6) is 0 Å². The van der Waals surface area contributed by atoms with Gasteiger partial charge in [0.2, 0.25) is 5.91 Å². The van der Waals surface area contributed by atoms with E-state index >= 15 is 0 Å². The third-order valence-corrected chi connectivity index (χ3v) is 15.1. The summed E-state index contributed by atoms with van der Waals surface area (Å²) in [6.45, 7) is 2.41. The Kier molecular flexibility index (Phi) is 10.5. The van der Waals surface area contributed by atoms with Crippen LogP contribution in [0.1, 0.15) is 32.1 Å². The molecule has 2 aliphatic rings. The van der Waals surface area contributed by atoms with Gasteiger partial charge in [-0.15, -0.1) is 23.1 Å². The molecule has 3 aromatic carbocycles. The molecule has 0 spiro atoms. The fourth-order valence-corrected chi connectivity index (χ4v) is 13.0. The van der Waals surface area contributed by atoms with Crippen molar-refractivity contribution >= 4 is 74.9 Å². The number of hydrogen-bond donors (Lipinski definition) is 1. The Morgan fingerprint density at radius 3 is 1.88 bits per heavy atom. The maximum absolute atomic E-state index is 14.3. The van der Waals surface area contributed by atoms with Gasteiger partial charge >= 0.3 is 11.9 Å². The van der Waals surface area contributed by atoms with Crippen molar-refractivity contribution in [2.75, 3.05) is 12.9 Å². The first-order valence-electron chi connectivity index (χ1n) is 16.3. The first-order chi connectivity index (χ1) is 24.0. The first kappa shape index (κ1) is 35.5. The van der Waals surface area contributed by atoms with Gasteiger partial charge in [-0.1, -0.05) is 97.1 Å². The minimum atomic E-state index is -2.90. The van der Waals surface area contributed by atoms with Gasteiger partial charge in [-0.2, -0.15) is 0 Å². The van der Waals surface area contributed by atoms with Gasteiger partial charge in [-0.3, -0.25) is 14.5 Å². The van der Waals surface area contributed by atoms with Gasteiger partial charge in [0.05, 0.1) is 18.8 Å². The molecular formula is C39H39N2O6PS2. The largest absolute Gasteiger partial charge is 0.466 e. The van der Waals surface area contributed by atoms with E-state index in [1.165, 1.54) is 35.1 Å². The lowest BCUT2D eigenvalue weighted by atomic mass is 10.00. The van der Waals surface area contributed by atoms with Crippen LogP contribution in [-0.2, 0) is 35.1 Å². The molecule has 6 rings (SSSR count). The Balaban J connectivity index is 1.53. The normalized spacial score (nSPS) is 17.4. The highest BCUT2D eigenvalue weighted by Crippen LogP contribution is 2.49. The number of ether oxygens (including phenoxy) is 2. The van der Waals surface area contributed by atoms with Crippen LogP contribution in [0.4, 0.5) is 0 Å². The van der Waals surface area contributed by atoms with Crippen molar-refractivity contribution in [2.24, 2.45) is 0 Å². The minimum absolute atomic E-state index is 0.0621. The number of benzene rings is 3. The van der Waals surface area contributed by atoms with E-state index in [-0.39, 0.29) is 24.4 Å². The number of hydrogen-bond acceptors (Lipinski definition) is 8. The van der Waals surface area contributed by atoms with Crippen molar-refractivity contribution in [3.8, 4) is 0 Å². The summed E-state index contributed by atoms with van der Waals surface area (Å²) in [4.78, 5) is 57.5. The van der Waals surface area contributed by atoms with E-state index in [1.54, 1.807) is 20.8 Å². The number of nitrogens with one attached hydrogen (secondary N) is 1. The van der Waals surface area contributed by atoms with Gasteiger partial charge < -0.3 is 14.8 Å². The molecule has 50 heavy (non-hydrogen) atoms. The molecule has 258 valence electrons. The number of thioether (sulfide) groups is 1. The molecule has 8 nitrogen and oxygen atoms in total. The number of fused-ring (bicyclic) bond motifs is 1. The number of rotatable bonds is 10. The highest BCUT2D eigenvalue weighted by molar-refractivity contribution is 8.00. The van der Waals surface area contributed by atoms with Crippen LogP contribution in [0.2, 0.25) is 0 Å². The number of β-lactam (4-membered cyclic amide) rings is 1. The lowest BCUT2D eigenvalue weighted by Crippen LogP contribution is -2.70. The molecule has 11 heteroatoms. The highest BCUT2D eigenvalue weighted by Gasteiger charge is 2.55. The fourth-order valence-electron chi connectivity index (χ4n) is 6.45. The minimum Gasteiger partial charge on any atom is -0.466 e. The average Bonchev–Trinajstić information content (AvgIpc) is 3.63. The number of methoxy groups -OCH3 is 1. The van der Waals surface area contributed by atoms with Gasteiger partial charge in [0.15, 0.2) is 0 Å². The molecule has 1 saturated heterocycles. The molecule has 2 amide bonds. The maximum Gasteiger partial charge on any atom is 0.355 e. The monoisotopic (exact) mass is 726 g/mol. The van der Waals surface area contributed by atoms with E-state index in [0.717, 1.165) is 20.8 Å². The quantitative estimate of drug-likeness (QED) is 0.139. The molecule has 4 aromatic rings. The second kappa shape index (κ2) is 14.9. The Hall–Kier alpha value is -4.37. The molecule has 0 unspecified atom stereocenters. The predicted octanol–water partition coefficient (Wildman–Crippen LogP) is 5.02. The first-order valence-corrected chi connectivity index (χ1v) is 20.0.